The molecule has 23 heavy (non-hydrogen) atoms. The molecule has 5 nitrogen and oxygen atoms in total. The van der Waals surface area contributed by atoms with Gasteiger partial charge in [-0.1, -0.05) is 12.1 Å². The minimum absolute atomic E-state index is 0.0957. The lowest BCUT2D eigenvalue weighted by Gasteiger charge is -2.07. The molecule has 0 aliphatic rings. The average molecular weight is 329 g/mol. The molecule has 0 saturated heterocycles. The van der Waals surface area contributed by atoms with Crippen molar-refractivity contribution in [3.63, 3.8) is 0 Å². The highest BCUT2D eigenvalue weighted by molar-refractivity contribution is 7.11. The van der Waals surface area contributed by atoms with Crippen molar-refractivity contribution in [2.45, 2.75) is 26.7 Å². The van der Waals surface area contributed by atoms with E-state index in [1.165, 1.54) is 16.9 Å². The lowest BCUT2D eigenvalue weighted by Crippen LogP contribution is -2.20. The normalized spacial score (nSPS) is 10.7. The van der Waals surface area contributed by atoms with Crippen molar-refractivity contribution in [2.75, 3.05) is 5.32 Å². The van der Waals surface area contributed by atoms with E-state index in [1.54, 1.807) is 6.21 Å². The third-order valence-corrected chi connectivity index (χ3v) is 4.10. The van der Waals surface area contributed by atoms with Crippen molar-refractivity contribution in [3.05, 3.63) is 51.7 Å². The molecule has 0 atom stereocenters. The van der Waals surface area contributed by atoms with Gasteiger partial charge >= 0.3 is 0 Å². The number of aryl methyl sites for hydroxylation is 2. The number of hydrazone groups is 1. The Balaban J connectivity index is 1.73. The quantitative estimate of drug-likeness (QED) is 0.631. The molecule has 0 aliphatic heterocycles. The molecule has 120 valence electrons. The second-order valence-electron chi connectivity index (χ2n) is 5.16. The van der Waals surface area contributed by atoms with Crippen molar-refractivity contribution in [2.24, 2.45) is 5.10 Å². The Labute approximate surface area is 139 Å². The van der Waals surface area contributed by atoms with E-state index in [-0.39, 0.29) is 24.7 Å². The van der Waals surface area contributed by atoms with Crippen molar-refractivity contribution >= 4 is 35.1 Å². The minimum Gasteiger partial charge on any atom is -0.326 e. The maximum atomic E-state index is 11.8. The summed E-state index contributed by atoms with van der Waals surface area (Å²) in [5, 5.41) is 8.57. The highest BCUT2D eigenvalue weighted by atomic mass is 32.1. The fourth-order valence-electron chi connectivity index (χ4n) is 1.86. The van der Waals surface area contributed by atoms with Crippen LogP contribution in [0.1, 0.15) is 28.8 Å². The van der Waals surface area contributed by atoms with E-state index in [2.05, 4.69) is 15.8 Å². The van der Waals surface area contributed by atoms with Crippen LogP contribution in [0.5, 0.6) is 0 Å². The van der Waals surface area contributed by atoms with Gasteiger partial charge < -0.3 is 5.32 Å². The third kappa shape index (κ3) is 5.67. The van der Waals surface area contributed by atoms with Crippen LogP contribution in [0.4, 0.5) is 5.69 Å². The van der Waals surface area contributed by atoms with Crippen LogP contribution in [0.15, 0.2) is 40.8 Å². The van der Waals surface area contributed by atoms with E-state index >= 15 is 0 Å². The summed E-state index contributed by atoms with van der Waals surface area (Å²) < 4.78 is 0. The lowest BCUT2D eigenvalue weighted by atomic mass is 10.1. The van der Waals surface area contributed by atoms with E-state index < -0.39 is 0 Å². The monoisotopic (exact) mass is 329 g/mol. The van der Waals surface area contributed by atoms with Crippen LogP contribution >= 0.6 is 11.3 Å². The fourth-order valence-corrected chi connectivity index (χ4v) is 2.44. The zero-order valence-electron chi connectivity index (χ0n) is 13.1. The van der Waals surface area contributed by atoms with Gasteiger partial charge in [0.25, 0.3) is 0 Å². The molecule has 2 rings (SSSR count). The third-order valence-electron chi connectivity index (χ3n) is 3.29. The summed E-state index contributed by atoms with van der Waals surface area (Å²) in [4.78, 5) is 24.4. The zero-order valence-corrected chi connectivity index (χ0v) is 13.9. The van der Waals surface area contributed by atoms with Crippen LogP contribution in [-0.4, -0.2) is 18.0 Å². The molecule has 0 radical (unpaired) electrons. The molecule has 0 saturated carbocycles. The van der Waals surface area contributed by atoms with Crippen LogP contribution < -0.4 is 10.7 Å². The van der Waals surface area contributed by atoms with Crippen molar-refractivity contribution in [1.29, 1.82) is 0 Å². The molecule has 0 unspecified atom stereocenters. The zero-order chi connectivity index (χ0) is 16.7. The largest absolute Gasteiger partial charge is 0.326 e. The van der Waals surface area contributed by atoms with Crippen molar-refractivity contribution < 1.29 is 9.59 Å². The standard InChI is InChI=1S/C17H19N3O2S/c1-12-5-6-14(10-13(12)2)19-16(21)7-8-17(22)20-18-11-15-4-3-9-23-15/h3-6,9-11H,7-8H2,1-2H3,(H,19,21)(H,20,22)/b18-11-. The number of nitrogens with one attached hydrogen (secondary N) is 2. The number of hydrogen-bond donors (Lipinski definition) is 2. The topological polar surface area (TPSA) is 70.6 Å². The summed E-state index contributed by atoms with van der Waals surface area (Å²) in [5.41, 5.74) is 5.45. The summed E-state index contributed by atoms with van der Waals surface area (Å²) in [5.74, 6) is -0.473. The molecule has 0 fully saturated rings. The van der Waals surface area contributed by atoms with Gasteiger partial charge in [-0.05, 0) is 48.6 Å². The molecule has 6 heteroatoms. The van der Waals surface area contributed by atoms with E-state index in [4.69, 9.17) is 0 Å². The Morgan fingerprint density at radius 1 is 1.13 bits per heavy atom. The summed E-state index contributed by atoms with van der Waals surface area (Å²) in [7, 11) is 0. The van der Waals surface area contributed by atoms with Gasteiger partial charge in [-0.15, -0.1) is 11.3 Å². The number of hydrogen-bond acceptors (Lipinski definition) is 4. The van der Waals surface area contributed by atoms with Crippen LogP contribution in [0.3, 0.4) is 0 Å². The molecular formula is C17H19N3O2S. The van der Waals surface area contributed by atoms with Gasteiger partial charge in [0.2, 0.25) is 11.8 Å². The van der Waals surface area contributed by atoms with Gasteiger partial charge in [0, 0.05) is 23.4 Å². The number of anilines is 1. The first-order chi connectivity index (χ1) is 11.0. The summed E-state index contributed by atoms with van der Waals surface area (Å²) >= 11 is 1.53. The first-order valence-corrected chi connectivity index (χ1v) is 8.15. The van der Waals surface area contributed by atoms with Crippen LogP contribution in [0, 0.1) is 13.8 Å². The first kappa shape index (κ1) is 16.9. The van der Waals surface area contributed by atoms with Gasteiger partial charge in [0.15, 0.2) is 0 Å². The Morgan fingerprint density at radius 3 is 2.61 bits per heavy atom. The highest BCUT2D eigenvalue weighted by Crippen LogP contribution is 2.14. The smallest absolute Gasteiger partial charge is 0.240 e. The Bertz CT molecular complexity index is 709. The summed E-state index contributed by atoms with van der Waals surface area (Å²) in [6, 6.07) is 9.53. The minimum atomic E-state index is -0.284. The summed E-state index contributed by atoms with van der Waals surface area (Å²) in [6.07, 6.45) is 1.80. The van der Waals surface area contributed by atoms with Crippen molar-refractivity contribution in [1.82, 2.24) is 5.43 Å². The molecule has 1 aromatic heterocycles. The molecule has 1 aromatic carbocycles. The Hall–Kier alpha value is -2.47. The second kappa shape index (κ2) is 8.24. The summed E-state index contributed by atoms with van der Waals surface area (Å²) in [6.45, 7) is 4.01. The molecule has 2 N–H and O–H groups in total. The van der Waals surface area contributed by atoms with E-state index in [0.717, 1.165) is 16.1 Å². The lowest BCUT2D eigenvalue weighted by molar-refractivity contribution is -0.124. The van der Waals surface area contributed by atoms with E-state index in [9.17, 15) is 9.59 Å². The van der Waals surface area contributed by atoms with Crippen LogP contribution in [0.25, 0.3) is 0 Å². The predicted molar refractivity (Wildman–Crippen MR) is 93.8 cm³/mol. The molecule has 0 bridgehead atoms. The number of rotatable bonds is 6. The van der Waals surface area contributed by atoms with Gasteiger partial charge in [-0.3, -0.25) is 9.59 Å². The number of carbonyl (C=O) groups is 2. The van der Waals surface area contributed by atoms with Crippen LogP contribution in [-0.2, 0) is 9.59 Å². The Kier molecular flexibility index (Phi) is 6.05. The van der Waals surface area contributed by atoms with Crippen LogP contribution in [0.2, 0.25) is 0 Å². The van der Waals surface area contributed by atoms with E-state index in [1.807, 2.05) is 49.6 Å². The molecule has 2 amide bonds. The number of benzene rings is 1. The molecule has 0 spiro atoms. The second-order valence-corrected chi connectivity index (χ2v) is 6.14. The average Bonchev–Trinajstić information content (AvgIpc) is 3.02. The number of carbonyl (C=O) groups excluding carboxylic acids is 2. The highest BCUT2D eigenvalue weighted by Gasteiger charge is 2.07. The molecule has 1 heterocycles. The SMILES string of the molecule is Cc1ccc(NC(=O)CCC(=O)N/N=C\c2cccs2)cc1C. The van der Waals surface area contributed by atoms with E-state index in [0.29, 0.717) is 0 Å². The Morgan fingerprint density at radius 2 is 1.91 bits per heavy atom. The maximum absolute atomic E-state index is 11.8. The number of nitrogens with zero attached hydrogens (tertiary/aromatic N) is 1. The molecule has 2 aromatic rings. The number of thiophene rings is 1. The maximum Gasteiger partial charge on any atom is 0.240 e. The molecule has 0 aliphatic carbocycles. The first-order valence-electron chi connectivity index (χ1n) is 7.27. The van der Waals surface area contributed by atoms with Gasteiger partial charge in [-0.25, -0.2) is 5.43 Å². The van der Waals surface area contributed by atoms with Crippen molar-refractivity contribution in [3.8, 4) is 0 Å². The van der Waals surface area contributed by atoms with Gasteiger partial charge in [0.05, 0.1) is 6.21 Å². The molecular weight excluding hydrogens is 310 g/mol. The number of amides is 2. The van der Waals surface area contributed by atoms with Gasteiger partial charge in [-0.2, -0.15) is 5.10 Å². The fraction of sp³-hybridized carbons (Fsp3) is 0.235. The van der Waals surface area contributed by atoms with Gasteiger partial charge in [0.1, 0.15) is 0 Å². The predicted octanol–water partition coefficient (Wildman–Crippen LogP) is 3.23.